The molecule has 1 N–H and O–H groups in total. The average molecular weight is 300 g/mol. The van der Waals surface area contributed by atoms with E-state index in [9.17, 15) is 18.0 Å². The monoisotopic (exact) mass is 299 g/mol. The van der Waals surface area contributed by atoms with Crippen LogP contribution in [0.3, 0.4) is 0 Å². The van der Waals surface area contributed by atoms with Crippen molar-refractivity contribution in [2.45, 2.75) is 25.6 Å². The van der Waals surface area contributed by atoms with Crippen molar-refractivity contribution < 1.29 is 23.1 Å². The van der Waals surface area contributed by atoms with Crippen molar-refractivity contribution in [1.29, 1.82) is 0 Å². The quantitative estimate of drug-likeness (QED) is 0.927. The summed E-state index contributed by atoms with van der Waals surface area (Å²) in [5.41, 5.74) is -0.0194. The summed E-state index contributed by atoms with van der Waals surface area (Å²) in [5, 5.41) is 8.77. The Labute approximate surface area is 98.0 Å². The number of aromatic nitrogens is 1. The predicted molar refractivity (Wildman–Crippen MR) is 54.4 cm³/mol. The normalized spacial score (nSPS) is 11.8. The number of hydrogen-bond acceptors (Lipinski definition) is 1. The Morgan fingerprint density at radius 3 is 2.62 bits per heavy atom. The summed E-state index contributed by atoms with van der Waals surface area (Å²) in [6, 6.07) is 1.36. The molecule has 1 rings (SSSR count). The highest BCUT2D eigenvalue weighted by atomic mass is 79.9. The van der Waals surface area contributed by atoms with Gasteiger partial charge in [0.25, 0.3) is 0 Å². The third-order valence-corrected chi connectivity index (χ3v) is 2.38. The van der Waals surface area contributed by atoms with Crippen LogP contribution in [0.15, 0.2) is 16.7 Å². The molecule has 0 atom stereocenters. The highest BCUT2D eigenvalue weighted by Crippen LogP contribution is 2.22. The highest BCUT2D eigenvalue weighted by molar-refractivity contribution is 9.10. The van der Waals surface area contributed by atoms with Gasteiger partial charge in [0.1, 0.15) is 5.69 Å². The molecule has 3 nitrogen and oxygen atoms in total. The van der Waals surface area contributed by atoms with Crippen LogP contribution < -0.4 is 0 Å². The van der Waals surface area contributed by atoms with Crippen LogP contribution in [0.5, 0.6) is 0 Å². The van der Waals surface area contributed by atoms with E-state index in [1.807, 2.05) is 0 Å². The SMILES string of the molecule is O=C(O)c1cc(Br)cn1CCCC(F)(F)F. The van der Waals surface area contributed by atoms with Gasteiger partial charge in [-0.25, -0.2) is 4.79 Å². The summed E-state index contributed by atoms with van der Waals surface area (Å²) >= 11 is 3.08. The summed E-state index contributed by atoms with van der Waals surface area (Å²) in [6.45, 7) is 0.0345. The van der Waals surface area contributed by atoms with Gasteiger partial charge in [-0.05, 0) is 28.4 Å². The summed E-state index contributed by atoms with van der Waals surface area (Å²) in [4.78, 5) is 10.7. The molecule has 0 fully saturated rings. The largest absolute Gasteiger partial charge is 0.477 e. The molecule has 0 amide bonds. The van der Waals surface area contributed by atoms with E-state index >= 15 is 0 Å². The third-order valence-electron chi connectivity index (χ3n) is 1.94. The summed E-state index contributed by atoms with van der Waals surface area (Å²) in [5.74, 6) is -1.15. The fraction of sp³-hybridized carbons (Fsp3) is 0.444. The smallest absolute Gasteiger partial charge is 0.389 e. The van der Waals surface area contributed by atoms with E-state index in [-0.39, 0.29) is 18.7 Å². The number of aryl methyl sites for hydroxylation is 1. The fourth-order valence-corrected chi connectivity index (χ4v) is 1.75. The van der Waals surface area contributed by atoms with Gasteiger partial charge in [-0.1, -0.05) is 0 Å². The molecule has 0 unspecified atom stereocenters. The zero-order chi connectivity index (χ0) is 12.3. The topological polar surface area (TPSA) is 42.2 Å². The number of halogens is 4. The van der Waals surface area contributed by atoms with E-state index in [0.29, 0.717) is 4.47 Å². The lowest BCUT2D eigenvalue weighted by Crippen LogP contribution is -2.12. The Hall–Kier alpha value is -0.980. The number of nitrogens with zero attached hydrogens (tertiary/aromatic N) is 1. The van der Waals surface area contributed by atoms with Gasteiger partial charge in [0.15, 0.2) is 0 Å². The van der Waals surface area contributed by atoms with Crippen molar-refractivity contribution in [2.24, 2.45) is 0 Å². The molecule has 90 valence electrons. The highest BCUT2D eigenvalue weighted by Gasteiger charge is 2.26. The second kappa shape index (κ2) is 4.90. The molecule has 0 saturated carbocycles. The number of aromatic carboxylic acids is 1. The molecule has 0 aromatic carbocycles. The van der Waals surface area contributed by atoms with E-state index in [1.54, 1.807) is 0 Å². The number of alkyl halides is 3. The van der Waals surface area contributed by atoms with E-state index in [4.69, 9.17) is 5.11 Å². The maximum Gasteiger partial charge on any atom is 0.389 e. The number of carbonyl (C=O) groups is 1. The van der Waals surface area contributed by atoms with Crippen LogP contribution in [0.4, 0.5) is 13.2 Å². The van der Waals surface area contributed by atoms with E-state index in [2.05, 4.69) is 15.9 Å². The van der Waals surface area contributed by atoms with Crippen molar-refractivity contribution in [3.8, 4) is 0 Å². The Morgan fingerprint density at radius 1 is 1.50 bits per heavy atom. The van der Waals surface area contributed by atoms with Crippen LogP contribution in [0.1, 0.15) is 23.3 Å². The van der Waals surface area contributed by atoms with Crippen molar-refractivity contribution in [3.05, 3.63) is 22.4 Å². The van der Waals surface area contributed by atoms with Gasteiger partial charge in [-0.2, -0.15) is 13.2 Å². The standard InChI is InChI=1S/C9H9BrF3NO2/c10-6-4-7(8(15)16)14(5-6)3-1-2-9(11,12)13/h4-5H,1-3H2,(H,15,16). The van der Waals surface area contributed by atoms with Crippen LogP contribution in [0, 0.1) is 0 Å². The maximum atomic E-state index is 11.9. The number of hydrogen-bond donors (Lipinski definition) is 1. The van der Waals surface area contributed by atoms with Gasteiger partial charge < -0.3 is 9.67 Å². The molecular formula is C9H9BrF3NO2. The molecule has 0 radical (unpaired) electrons. The van der Waals surface area contributed by atoms with Crippen molar-refractivity contribution in [3.63, 3.8) is 0 Å². The van der Waals surface area contributed by atoms with E-state index in [0.717, 1.165) is 0 Å². The molecule has 1 aromatic heterocycles. The van der Waals surface area contributed by atoms with Gasteiger partial charge >= 0.3 is 12.1 Å². The Kier molecular flexibility index (Phi) is 4.01. The molecule has 0 bridgehead atoms. The molecule has 0 saturated heterocycles. The van der Waals surface area contributed by atoms with Crippen LogP contribution in [0.2, 0.25) is 0 Å². The first-order valence-electron chi connectivity index (χ1n) is 4.45. The van der Waals surface area contributed by atoms with Crippen LogP contribution in [0.25, 0.3) is 0 Å². The van der Waals surface area contributed by atoms with Gasteiger partial charge in [-0.3, -0.25) is 0 Å². The molecule has 7 heteroatoms. The lowest BCUT2D eigenvalue weighted by Gasteiger charge is -2.08. The molecule has 0 aliphatic rings. The Bertz CT molecular complexity index is 387. The third kappa shape index (κ3) is 3.88. The number of carboxylic acid groups (broad SMARTS) is 1. The van der Waals surface area contributed by atoms with Crippen molar-refractivity contribution in [1.82, 2.24) is 4.57 Å². The minimum Gasteiger partial charge on any atom is -0.477 e. The molecule has 16 heavy (non-hydrogen) atoms. The zero-order valence-electron chi connectivity index (χ0n) is 8.09. The number of rotatable bonds is 4. The van der Waals surface area contributed by atoms with Gasteiger partial charge in [-0.15, -0.1) is 0 Å². The zero-order valence-corrected chi connectivity index (χ0v) is 9.68. The minimum absolute atomic E-state index is 0.0194. The average Bonchev–Trinajstić information content (AvgIpc) is 2.44. The first-order chi connectivity index (χ1) is 7.29. The fourth-order valence-electron chi connectivity index (χ4n) is 1.29. The Morgan fingerprint density at radius 2 is 2.12 bits per heavy atom. The van der Waals surface area contributed by atoms with Gasteiger partial charge in [0.05, 0.1) is 0 Å². The molecule has 0 spiro atoms. The van der Waals surface area contributed by atoms with Gasteiger partial charge in [0.2, 0.25) is 0 Å². The second-order valence-electron chi connectivity index (χ2n) is 3.26. The molecule has 1 heterocycles. The molecular weight excluding hydrogens is 291 g/mol. The first kappa shape index (κ1) is 13.1. The lowest BCUT2D eigenvalue weighted by atomic mass is 10.3. The van der Waals surface area contributed by atoms with Crippen LogP contribution in [-0.4, -0.2) is 21.8 Å². The number of carboxylic acids is 1. The minimum atomic E-state index is -4.20. The predicted octanol–water partition coefficient (Wildman–Crippen LogP) is 3.29. The summed E-state index contributed by atoms with van der Waals surface area (Å²) < 4.78 is 37.5. The van der Waals surface area contributed by atoms with E-state index in [1.165, 1.54) is 16.8 Å². The second-order valence-corrected chi connectivity index (χ2v) is 4.18. The van der Waals surface area contributed by atoms with Crippen molar-refractivity contribution in [2.75, 3.05) is 0 Å². The molecule has 1 aromatic rings. The summed E-state index contributed by atoms with van der Waals surface area (Å²) in [7, 11) is 0. The van der Waals surface area contributed by atoms with Gasteiger partial charge in [0, 0.05) is 23.6 Å². The van der Waals surface area contributed by atoms with Crippen molar-refractivity contribution >= 4 is 21.9 Å². The van der Waals surface area contributed by atoms with Crippen LogP contribution >= 0.6 is 15.9 Å². The Balaban J connectivity index is 2.63. The van der Waals surface area contributed by atoms with E-state index < -0.39 is 18.6 Å². The summed E-state index contributed by atoms with van der Waals surface area (Å²) in [6.07, 6.45) is -3.79. The van der Waals surface area contributed by atoms with Crippen LogP contribution in [-0.2, 0) is 6.54 Å². The molecule has 0 aliphatic carbocycles. The first-order valence-corrected chi connectivity index (χ1v) is 5.24. The molecule has 0 aliphatic heterocycles. The lowest BCUT2D eigenvalue weighted by molar-refractivity contribution is -0.135. The maximum absolute atomic E-state index is 11.9.